The summed E-state index contributed by atoms with van der Waals surface area (Å²) < 4.78 is 21.1. The molecule has 0 amide bonds. The van der Waals surface area contributed by atoms with Crippen molar-refractivity contribution in [1.82, 2.24) is 5.32 Å². The van der Waals surface area contributed by atoms with E-state index in [0.29, 0.717) is 17.9 Å². The molecule has 1 aliphatic rings. The molecule has 0 heterocycles. The fraction of sp³-hybridized carbons (Fsp3) is 1.00. The molecule has 0 aliphatic heterocycles. The summed E-state index contributed by atoms with van der Waals surface area (Å²) in [6.07, 6.45) is 1.23. The summed E-state index contributed by atoms with van der Waals surface area (Å²) in [5.74, 6) is 0.730. The van der Waals surface area contributed by atoms with Gasteiger partial charge in [-0.3, -0.25) is 0 Å². The second-order valence-electron chi connectivity index (χ2n) is 4.46. The average Bonchev–Trinajstić information content (AvgIpc) is 2.50. The van der Waals surface area contributed by atoms with E-state index in [0.717, 1.165) is 6.54 Å². The molecular weight excluding hydrogens is 188 g/mol. The van der Waals surface area contributed by atoms with Gasteiger partial charge in [0.2, 0.25) is 10.0 Å². The van der Waals surface area contributed by atoms with Crippen LogP contribution >= 0.6 is 0 Å². The predicted molar refractivity (Wildman–Crippen MR) is 52.7 cm³/mol. The Hall–Kier alpha value is -0.130. The zero-order valence-corrected chi connectivity index (χ0v) is 9.02. The van der Waals surface area contributed by atoms with E-state index in [1.807, 2.05) is 0 Å². The molecule has 1 fully saturated rings. The minimum absolute atomic E-state index is 0.0279. The smallest absolute Gasteiger partial charge is 0.210 e. The fourth-order valence-corrected chi connectivity index (χ4v) is 1.84. The molecule has 5 heteroatoms. The van der Waals surface area contributed by atoms with Gasteiger partial charge in [0.05, 0.1) is 5.75 Å². The Morgan fingerprint density at radius 2 is 2.08 bits per heavy atom. The summed E-state index contributed by atoms with van der Waals surface area (Å²) in [6.45, 7) is 5.81. The van der Waals surface area contributed by atoms with Crippen LogP contribution in [0.2, 0.25) is 0 Å². The molecule has 4 nitrogen and oxygen atoms in total. The maximum absolute atomic E-state index is 10.6. The average molecular weight is 206 g/mol. The Labute approximate surface area is 79.9 Å². The molecule has 1 saturated carbocycles. The number of rotatable bonds is 5. The molecule has 0 aromatic carbocycles. The van der Waals surface area contributed by atoms with Crippen molar-refractivity contribution in [3.05, 3.63) is 0 Å². The quantitative estimate of drug-likeness (QED) is 0.618. The molecule has 0 spiro atoms. The van der Waals surface area contributed by atoms with Gasteiger partial charge in [0, 0.05) is 6.54 Å². The Morgan fingerprint density at radius 1 is 1.54 bits per heavy atom. The lowest BCUT2D eigenvalue weighted by molar-refractivity contribution is 0.525. The molecule has 3 N–H and O–H groups in total. The molecule has 13 heavy (non-hydrogen) atoms. The minimum Gasteiger partial charge on any atom is -0.315 e. The van der Waals surface area contributed by atoms with E-state index in [1.165, 1.54) is 6.42 Å². The first-order valence-corrected chi connectivity index (χ1v) is 6.24. The van der Waals surface area contributed by atoms with E-state index < -0.39 is 10.0 Å². The number of hydrogen-bond donors (Lipinski definition) is 2. The monoisotopic (exact) mass is 206 g/mol. The Morgan fingerprint density at radius 3 is 2.46 bits per heavy atom. The first-order chi connectivity index (χ1) is 5.81. The van der Waals surface area contributed by atoms with Crippen molar-refractivity contribution in [1.29, 1.82) is 0 Å². The van der Waals surface area contributed by atoms with Gasteiger partial charge in [-0.05, 0) is 24.3 Å². The van der Waals surface area contributed by atoms with Crippen LogP contribution in [0.25, 0.3) is 0 Å². The van der Waals surface area contributed by atoms with Gasteiger partial charge in [-0.15, -0.1) is 0 Å². The van der Waals surface area contributed by atoms with Crippen molar-refractivity contribution in [3.8, 4) is 0 Å². The molecule has 1 unspecified atom stereocenters. The molecule has 1 rings (SSSR count). The van der Waals surface area contributed by atoms with Crippen molar-refractivity contribution in [2.45, 2.75) is 20.3 Å². The first kappa shape index (κ1) is 10.9. The first-order valence-electron chi connectivity index (χ1n) is 4.52. The third-order valence-electron chi connectivity index (χ3n) is 2.67. The highest BCUT2D eigenvalue weighted by Crippen LogP contribution is 2.50. The van der Waals surface area contributed by atoms with Gasteiger partial charge in [0.1, 0.15) is 0 Å². The van der Waals surface area contributed by atoms with Crippen LogP contribution in [0.15, 0.2) is 0 Å². The molecule has 0 bridgehead atoms. The second-order valence-corrected chi connectivity index (χ2v) is 6.19. The van der Waals surface area contributed by atoms with Crippen LogP contribution < -0.4 is 10.5 Å². The number of hydrogen-bond acceptors (Lipinski definition) is 3. The normalized spacial score (nSPS) is 25.9. The number of sulfonamides is 1. The Bertz CT molecular complexity index is 272. The van der Waals surface area contributed by atoms with Crippen LogP contribution in [0.5, 0.6) is 0 Å². The van der Waals surface area contributed by atoms with Gasteiger partial charge in [-0.25, -0.2) is 13.6 Å². The lowest BCUT2D eigenvalue weighted by Gasteiger charge is -2.04. The second kappa shape index (κ2) is 3.55. The maximum atomic E-state index is 10.6. The van der Waals surface area contributed by atoms with Gasteiger partial charge in [-0.2, -0.15) is 0 Å². The summed E-state index contributed by atoms with van der Waals surface area (Å²) in [6, 6.07) is 0. The zero-order valence-electron chi connectivity index (χ0n) is 8.21. The molecule has 0 aromatic heterocycles. The summed E-state index contributed by atoms with van der Waals surface area (Å²) in [4.78, 5) is 0. The van der Waals surface area contributed by atoms with Crippen LogP contribution in [0.1, 0.15) is 20.3 Å². The van der Waals surface area contributed by atoms with Crippen molar-refractivity contribution in [2.75, 3.05) is 18.8 Å². The van der Waals surface area contributed by atoms with Gasteiger partial charge in [0.25, 0.3) is 0 Å². The summed E-state index contributed by atoms with van der Waals surface area (Å²) in [7, 11) is -3.29. The van der Waals surface area contributed by atoms with Crippen LogP contribution in [-0.4, -0.2) is 27.3 Å². The number of nitrogens with two attached hydrogens (primary N) is 1. The van der Waals surface area contributed by atoms with Crippen LogP contribution in [0.4, 0.5) is 0 Å². The van der Waals surface area contributed by atoms with E-state index in [4.69, 9.17) is 5.14 Å². The third-order valence-corrected chi connectivity index (χ3v) is 3.44. The Kier molecular flexibility index (Phi) is 2.99. The van der Waals surface area contributed by atoms with Crippen molar-refractivity contribution < 1.29 is 8.42 Å². The van der Waals surface area contributed by atoms with Gasteiger partial charge < -0.3 is 5.32 Å². The summed E-state index contributed by atoms with van der Waals surface area (Å²) in [5.41, 5.74) is 0.453. The highest BCUT2D eigenvalue weighted by molar-refractivity contribution is 7.89. The highest BCUT2D eigenvalue weighted by Gasteiger charge is 2.44. The number of primary sulfonamides is 1. The van der Waals surface area contributed by atoms with Crippen LogP contribution in [-0.2, 0) is 10.0 Å². The molecule has 1 atom stereocenters. The van der Waals surface area contributed by atoms with E-state index in [2.05, 4.69) is 19.2 Å². The Balaban J connectivity index is 2.04. The highest BCUT2D eigenvalue weighted by atomic mass is 32.2. The third kappa shape index (κ3) is 4.06. The van der Waals surface area contributed by atoms with Crippen LogP contribution in [0, 0.1) is 11.3 Å². The minimum atomic E-state index is -3.29. The SMILES string of the molecule is CC1(C)CC1CNCCS(N)(=O)=O. The lowest BCUT2D eigenvalue weighted by atomic mass is 10.1. The van der Waals surface area contributed by atoms with Crippen molar-refractivity contribution in [3.63, 3.8) is 0 Å². The van der Waals surface area contributed by atoms with E-state index in [-0.39, 0.29) is 5.75 Å². The van der Waals surface area contributed by atoms with Gasteiger partial charge >= 0.3 is 0 Å². The van der Waals surface area contributed by atoms with Crippen LogP contribution in [0.3, 0.4) is 0 Å². The molecule has 0 saturated heterocycles. The topological polar surface area (TPSA) is 72.2 Å². The van der Waals surface area contributed by atoms with E-state index in [9.17, 15) is 8.42 Å². The van der Waals surface area contributed by atoms with E-state index in [1.54, 1.807) is 0 Å². The van der Waals surface area contributed by atoms with Crippen molar-refractivity contribution >= 4 is 10.0 Å². The summed E-state index contributed by atoms with van der Waals surface area (Å²) in [5, 5.41) is 7.95. The lowest BCUT2D eigenvalue weighted by Crippen LogP contribution is -2.28. The fourth-order valence-electron chi connectivity index (χ4n) is 1.42. The van der Waals surface area contributed by atoms with Crippen molar-refractivity contribution in [2.24, 2.45) is 16.5 Å². The molecule has 78 valence electrons. The van der Waals surface area contributed by atoms with E-state index >= 15 is 0 Å². The molecule has 0 radical (unpaired) electrons. The molecule has 0 aromatic rings. The zero-order chi connectivity index (χ0) is 10.1. The standard InChI is InChI=1S/C8H18N2O2S/c1-8(2)5-7(8)6-10-3-4-13(9,11)12/h7,10H,3-6H2,1-2H3,(H2,9,11,12). The van der Waals surface area contributed by atoms with Gasteiger partial charge in [0.15, 0.2) is 0 Å². The van der Waals surface area contributed by atoms with Gasteiger partial charge in [-0.1, -0.05) is 13.8 Å². The number of nitrogens with one attached hydrogen (secondary N) is 1. The largest absolute Gasteiger partial charge is 0.315 e. The maximum Gasteiger partial charge on any atom is 0.210 e. The summed E-state index contributed by atoms with van der Waals surface area (Å²) >= 11 is 0. The molecule has 1 aliphatic carbocycles. The predicted octanol–water partition coefficient (Wildman–Crippen LogP) is -0.0894. The molecular formula is C8H18N2O2S.